The van der Waals surface area contributed by atoms with E-state index in [1.807, 2.05) is 6.07 Å². The van der Waals surface area contributed by atoms with Crippen molar-refractivity contribution in [3.05, 3.63) is 35.1 Å². The number of hydrogen-bond donors (Lipinski definition) is 1. The van der Waals surface area contributed by atoms with Crippen LogP contribution in [0.4, 0.5) is 4.39 Å². The van der Waals surface area contributed by atoms with E-state index in [9.17, 15) is 9.50 Å². The van der Waals surface area contributed by atoms with E-state index in [-0.39, 0.29) is 5.82 Å². The van der Waals surface area contributed by atoms with Crippen molar-refractivity contribution in [3.63, 3.8) is 0 Å². The molecule has 2 nitrogen and oxygen atoms in total. The number of hydrogen-bond acceptors (Lipinski definition) is 2. The van der Waals surface area contributed by atoms with Crippen LogP contribution < -0.4 is 0 Å². The van der Waals surface area contributed by atoms with Crippen molar-refractivity contribution in [2.45, 2.75) is 26.9 Å². The van der Waals surface area contributed by atoms with Crippen LogP contribution in [0.2, 0.25) is 0 Å². The minimum absolute atomic E-state index is 0.361. The summed E-state index contributed by atoms with van der Waals surface area (Å²) < 4.78 is 13.2. The Balaban J connectivity index is 3.08. The minimum atomic E-state index is -0.974. The molecule has 1 aromatic carbocycles. The number of benzene rings is 1. The van der Waals surface area contributed by atoms with Crippen LogP contribution in [-0.4, -0.2) is 5.11 Å². The second-order valence-electron chi connectivity index (χ2n) is 4.24. The molecule has 0 fully saturated rings. The third kappa shape index (κ3) is 2.34. The average molecular weight is 207 g/mol. The minimum Gasteiger partial charge on any atom is -0.387 e. The molecule has 0 aromatic heterocycles. The fourth-order valence-corrected chi connectivity index (χ4v) is 1.26. The third-order valence-corrected chi connectivity index (χ3v) is 2.48. The van der Waals surface area contributed by atoms with E-state index in [1.54, 1.807) is 32.9 Å². The molecule has 0 saturated carbocycles. The van der Waals surface area contributed by atoms with Gasteiger partial charge in [0.05, 0.1) is 17.6 Å². The van der Waals surface area contributed by atoms with Gasteiger partial charge in [0.25, 0.3) is 0 Å². The predicted octanol–water partition coefficient (Wildman–Crippen LogP) is 2.72. The molecule has 0 saturated heterocycles. The van der Waals surface area contributed by atoms with E-state index >= 15 is 0 Å². The van der Waals surface area contributed by atoms with Gasteiger partial charge >= 0.3 is 0 Å². The van der Waals surface area contributed by atoms with Gasteiger partial charge in [0.2, 0.25) is 0 Å². The molecule has 1 aromatic rings. The van der Waals surface area contributed by atoms with Crippen LogP contribution in [0, 0.1) is 29.5 Å². The molecule has 1 N–H and O–H groups in total. The largest absolute Gasteiger partial charge is 0.387 e. The lowest BCUT2D eigenvalue weighted by atomic mass is 9.84. The zero-order chi connectivity index (χ0) is 11.6. The summed E-state index contributed by atoms with van der Waals surface area (Å²) in [6.07, 6.45) is -0.974. The van der Waals surface area contributed by atoms with E-state index in [1.165, 1.54) is 6.07 Å². The highest BCUT2D eigenvalue weighted by Gasteiger charge is 2.29. The molecule has 0 spiro atoms. The maximum Gasteiger partial charge on any atom is 0.126 e. The second kappa shape index (κ2) is 4.00. The van der Waals surface area contributed by atoms with Crippen molar-refractivity contribution in [1.82, 2.24) is 0 Å². The smallest absolute Gasteiger partial charge is 0.126 e. The Morgan fingerprint density at radius 3 is 2.53 bits per heavy atom. The molecule has 3 heteroatoms. The quantitative estimate of drug-likeness (QED) is 0.810. The predicted molar refractivity (Wildman–Crippen MR) is 55.5 cm³/mol. The molecule has 1 atom stereocenters. The monoisotopic (exact) mass is 207 g/mol. The van der Waals surface area contributed by atoms with Gasteiger partial charge in [-0.25, -0.2) is 4.39 Å². The standard InChI is InChI=1S/C12H14FNO/c1-8-4-5-9(6-10(8)13)11(15)12(2,3)7-14/h4-6,11,15H,1-3H3. The SMILES string of the molecule is Cc1ccc(C(O)C(C)(C)C#N)cc1F. The lowest BCUT2D eigenvalue weighted by Crippen LogP contribution is -2.19. The van der Waals surface area contributed by atoms with E-state index in [2.05, 4.69) is 0 Å². The fourth-order valence-electron chi connectivity index (χ4n) is 1.26. The van der Waals surface area contributed by atoms with Crippen molar-refractivity contribution >= 4 is 0 Å². The third-order valence-electron chi connectivity index (χ3n) is 2.48. The zero-order valence-corrected chi connectivity index (χ0v) is 9.08. The molecule has 15 heavy (non-hydrogen) atoms. The fraction of sp³-hybridized carbons (Fsp3) is 0.417. The number of aryl methyl sites for hydroxylation is 1. The summed E-state index contributed by atoms with van der Waals surface area (Å²) in [7, 11) is 0. The van der Waals surface area contributed by atoms with Gasteiger partial charge in [0.15, 0.2) is 0 Å². The maximum absolute atomic E-state index is 13.2. The van der Waals surface area contributed by atoms with E-state index in [0.29, 0.717) is 11.1 Å². The molecule has 0 amide bonds. The summed E-state index contributed by atoms with van der Waals surface area (Å²) >= 11 is 0. The van der Waals surface area contributed by atoms with Gasteiger partial charge in [-0.05, 0) is 38.0 Å². The first-order chi connectivity index (χ1) is 6.88. The number of halogens is 1. The van der Waals surface area contributed by atoms with Crippen molar-refractivity contribution < 1.29 is 9.50 Å². The summed E-state index contributed by atoms with van der Waals surface area (Å²) in [4.78, 5) is 0. The first-order valence-electron chi connectivity index (χ1n) is 4.74. The van der Waals surface area contributed by atoms with Gasteiger partial charge in [-0.1, -0.05) is 12.1 Å². The highest BCUT2D eigenvalue weighted by molar-refractivity contribution is 5.27. The van der Waals surface area contributed by atoms with Crippen LogP contribution in [0.1, 0.15) is 31.1 Å². The van der Waals surface area contributed by atoms with Crippen molar-refractivity contribution in [2.24, 2.45) is 5.41 Å². The number of nitriles is 1. The molecule has 0 radical (unpaired) electrons. The van der Waals surface area contributed by atoms with Crippen LogP contribution in [0.25, 0.3) is 0 Å². The molecular weight excluding hydrogens is 193 g/mol. The molecule has 1 unspecified atom stereocenters. The number of aliphatic hydroxyl groups excluding tert-OH is 1. The van der Waals surface area contributed by atoms with Gasteiger partial charge < -0.3 is 5.11 Å². The van der Waals surface area contributed by atoms with Crippen LogP contribution in [0.15, 0.2) is 18.2 Å². The lowest BCUT2D eigenvalue weighted by molar-refractivity contribution is 0.0864. The van der Waals surface area contributed by atoms with Gasteiger partial charge in [-0.2, -0.15) is 5.26 Å². The molecule has 0 heterocycles. The van der Waals surface area contributed by atoms with Crippen LogP contribution in [0.5, 0.6) is 0 Å². The van der Waals surface area contributed by atoms with Crippen LogP contribution >= 0.6 is 0 Å². The first kappa shape index (κ1) is 11.7. The van der Waals surface area contributed by atoms with Gasteiger partial charge in [-0.3, -0.25) is 0 Å². The highest BCUT2D eigenvalue weighted by Crippen LogP contribution is 2.32. The normalized spacial score (nSPS) is 13.3. The zero-order valence-electron chi connectivity index (χ0n) is 9.08. The number of nitrogens with zero attached hydrogens (tertiary/aromatic N) is 1. The van der Waals surface area contributed by atoms with Gasteiger partial charge in [-0.15, -0.1) is 0 Å². The molecule has 0 aliphatic carbocycles. The van der Waals surface area contributed by atoms with Crippen molar-refractivity contribution in [2.75, 3.05) is 0 Å². The Kier molecular flexibility index (Phi) is 3.11. The lowest BCUT2D eigenvalue weighted by Gasteiger charge is -2.23. The Bertz CT molecular complexity index is 407. The number of rotatable bonds is 2. The molecule has 0 aliphatic heterocycles. The number of aliphatic hydroxyl groups is 1. The Morgan fingerprint density at radius 2 is 2.07 bits per heavy atom. The summed E-state index contributed by atoms with van der Waals surface area (Å²) in [6, 6.07) is 6.52. The van der Waals surface area contributed by atoms with Crippen LogP contribution in [-0.2, 0) is 0 Å². The average Bonchev–Trinajstić information content (AvgIpc) is 2.21. The molecule has 0 bridgehead atoms. The Hall–Kier alpha value is -1.40. The van der Waals surface area contributed by atoms with E-state index in [4.69, 9.17) is 5.26 Å². The Morgan fingerprint density at radius 1 is 1.47 bits per heavy atom. The summed E-state index contributed by atoms with van der Waals surface area (Å²) in [6.45, 7) is 4.89. The Labute approximate surface area is 89.0 Å². The molecule has 0 aliphatic rings. The van der Waals surface area contributed by atoms with Gasteiger partial charge in [0, 0.05) is 0 Å². The first-order valence-corrected chi connectivity index (χ1v) is 4.74. The second-order valence-corrected chi connectivity index (χ2v) is 4.24. The summed E-state index contributed by atoms with van der Waals surface area (Å²) in [5.41, 5.74) is 0.0483. The van der Waals surface area contributed by atoms with Crippen molar-refractivity contribution in [1.29, 1.82) is 5.26 Å². The summed E-state index contributed by atoms with van der Waals surface area (Å²) in [5, 5.41) is 18.7. The topological polar surface area (TPSA) is 44.0 Å². The van der Waals surface area contributed by atoms with Gasteiger partial charge in [0.1, 0.15) is 5.82 Å². The molecule has 80 valence electrons. The van der Waals surface area contributed by atoms with Crippen molar-refractivity contribution in [3.8, 4) is 6.07 Å². The van der Waals surface area contributed by atoms with E-state index in [0.717, 1.165) is 0 Å². The molecule has 1 rings (SSSR count). The van der Waals surface area contributed by atoms with E-state index < -0.39 is 11.5 Å². The molecular formula is C12H14FNO. The summed E-state index contributed by atoms with van der Waals surface area (Å²) in [5.74, 6) is -0.361. The maximum atomic E-state index is 13.2. The highest BCUT2D eigenvalue weighted by atomic mass is 19.1. The van der Waals surface area contributed by atoms with Crippen LogP contribution in [0.3, 0.4) is 0 Å².